The van der Waals surface area contributed by atoms with Crippen LogP contribution in [0.4, 0.5) is 11.8 Å². The molecule has 2 aromatic rings. The molecule has 6 heteroatoms. The molecule has 0 radical (unpaired) electrons. The Bertz CT molecular complexity index is 570. The van der Waals surface area contributed by atoms with Crippen LogP contribution in [0.3, 0.4) is 0 Å². The first kappa shape index (κ1) is 12.2. The molecule has 2 heterocycles. The fraction of sp³-hybridized carbons (Fsp3) is 0.615. The second-order valence-corrected chi connectivity index (χ2v) is 5.53. The van der Waals surface area contributed by atoms with Crippen molar-refractivity contribution in [3.8, 4) is 0 Å². The van der Waals surface area contributed by atoms with E-state index < -0.39 is 0 Å². The molecular weight excluding hydrogens is 240 g/mol. The first-order valence-corrected chi connectivity index (χ1v) is 6.84. The summed E-state index contributed by atoms with van der Waals surface area (Å²) >= 11 is 0. The molecule has 1 saturated carbocycles. The van der Waals surface area contributed by atoms with Crippen molar-refractivity contribution in [2.24, 2.45) is 5.92 Å². The zero-order valence-electron chi connectivity index (χ0n) is 11.4. The van der Waals surface area contributed by atoms with Gasteiger partial charge in [0.05, 0.1) is 6.33 Å². The van der Waals surface area contributed by atoms with E-state index in [9.17, 15) is 0 Å². The van der Waals surface area contributed by atoms with Crippen LogP contribution in [0.2, 0.25) is 0 Å². The van der Waals surface area contributed by atoms with Gasteiger partial charge in [0.25, 0.3) is 0 Å². The Hall–Kier alpha value is -1.85. The normalized spacial score (nSPS) is 23.7. The van der Waals surface area contributed by atoms with Crippen molar-refractivity contribution in [2.75, 3.05) is 17.7 Å². The van der Waals surface area contributed by atoms with Crippen molar-refractivity contribution in [3.63, 3.8) is 0 Å². The number of fused-ring (bicyclic) bond motifs is 1. The summed E-state index contributed by atoms with van der Waals surface area (Å²) in [5.41, 5.74) is 7.28. The number of nitrogens with zero attached hydrogens (tertiary/aromatic N) is 4. The number of nitrogens with one attached hydrogen (secondary N) is 1. The van der Waals surface area contributed by atoms with Crippen LogP contribution in [0.1, 0.15) is 32.6 Å². The Morgan fingerprint density at radius 1 is 1.26 bits per heavy atom. The summed E-state index contributed by atoms with van der Waals surface area (Å²) < 4.78 is 0. The SMILES string of the molecule is CC1CCC(N(C)c2nc(N)nc3nc[nH]c23)CC1. The van der Waals surface area contributed by atoms with Gasteiger partial charge in [0.2, 0.25) is 5.95 Å². The van der Waals surface area contributed by atoms with Gasteiger partial charge < -0.3 is 15.6 Å². The summed E-state index contributed by atoms with van der Waals surface area (Å²) in [6, 6.07) is 0.525. The number of nitrogen functional groups attached to an aromatic ring is 1. The van der Waals surface area contributed by atoms with Crippen LogP contribution < -0.4 is 10.6 Å². The van der Waals surface area contributed by atoms with Crippen LogP contribution in [0.5, 0.6) is 0 Å². The number of hydrogen-bond donors (Lipinski definition) is 2. The lowest BCUT2D eigenvalue weighted by Gasteiger charge is -2.34. The molecule has 0 aromatic carbocycles. The third kappa shape index (κ3) is 2.22. The molecule has 3 N–H and O–H groups in total. The highest BCUT2D eigenvalue weighted by molar-refractivity contribution is 5.84. The highest BCUT2D eigenvalue weighted by Crippen LogP contribution is 2.30. The van der Waals surface area contributed by atoms with Gasteiger partial charge in [-0.2, -0.15) is 9.97 Å². The minimum Gasteiger partial charge on any atom is -0.368 e. The number of aromatic nitrogens is 4. The van der Waals surface area contributed by atoms with E-state index in [2.05, 4.69) is 38.8 Å². The smallest absolute Gasteiger partial charge is 0.224 e. The summed E-state index contributed by atoms with van der Waals surface area (Å²) in [4.78, 5) is 18.0. The van der Waals surface area contributed by atoms with E-state index in [1.165, 1.54) is 25.7 Å². The first-order chi connectivity index (χ1) is 9.15. The van der Waals surface area contributed by atoms with E-state index in [0.29, 0.717) is 11.7 Å². The highest BCUT2D eigenvalue weighted by atomic mass is 15.2. The maximum atomic E-state index is 5.77. The first-order valence-electron chi connectivity index (χ1n) is 6.84. The van der Waals surface area contributed by atoms with E-state index in [1.807, 2.05) is 0 Å². The molecule has 0 amide bonds. The molecule has 1 aliphatic carbocycles. The number of anilines is 2. The van der Waals surface area contributed by atoms with E-state index >= 15 is 0 Å². The van der Waals surface area contributed by atoms with Gasteiger partial charge in [-0.15, -0.1) is 0 Å². The van der Waals surface area contributed by atoms with Crippen LogP contribution >= 0.6 is 0 Å². The Morgan fingerprint density at radius 3 is 2.74 bits per heavy atom. The summed E-state index contributed by atoms with van der Waals surface area (Å²) in [6.45, 7) is 2.33. The number of aromatic amines is 1. The summed E-state index contributed by atoms with van der Waals surface area (Å²) in [7, 11) is 2.09. The second-order valence-electron chi connectivity index (χ2n) is 5.53. The summed E-state index contributed by atoms with van der Waals surface area (Å²) in [5.74, 6) is 1.98. The minimum atomic E-state index is 0.283. The number of nitrogens with two attached hydrogens (primary N) is 1. The average Bonchev–Trinajstić information content (AvgIpc) is 2.85. The Kier molecular flexibility index (Phi) is 3.00. The van der Waals surface area contributed by atoms with Crippen LogP contribution in [0, 0.1) is 5.92 Å². The summed E-state index contributed by atoms with van der Waals surface area (Å²) in [6.07, 6.45) is 6.61. The van der Waals surface area contributed by atoms with Crippen molar-refractivity contribution in [2.45, 2.75) is 38.6 Å². The fourth-order valence-electron chi connectivity index (χ4n) is 2.89. The lowest BCUT2D eigenvalue weighted by Crippen LogP contribution is -2.35. The standard InChI is InChI=1S/C13H20N6/c1-8-3-5-9(6-4-8)19(2)12-10-11(16-7-15-10)17-13(14)18-12/h7-9H,3-6H2,1-2H3,(H3,14,15,16,17,18). The van der Waals surface area contributed by atoms with E-state index in [0.717, 1.165) is 17.3 Å². The number of hydrogen-bond acceptors (Lipinski definition) is 5. The fourth-order valence-corrected chi connectivity index (χ4v) is 2.89. The van der Waals surface area contributed by atoms with Crippen molar-refractivity contribution in [3.05, 3.63) is 6.33 Å². The van der Waals surface area contributed by atoms with Gasteiger partial charge in [0, 0.05) is 13.1 Å². The second kappa shape index (κ2) is 4.68. The Labute approximate surface area is 112 Å². The molecule has 3 rings (SSSR count). The van der Waals surface area contributed by atoms with Gasteiger partial charge in [0.1, 0.15) is 5.52 Å². The van der Waals surface area contributed by atoms with Gasteiger partial charge in [-0.25, -0.2) is 4.98 Å². The molecule has 1 aliphatic rings. The van der Waals surface area contributed by atoms with E-state index in [-0.39, 0.29) is 5.95 Å². The maximum Gasteiger partial charge on any atom is 0.224 e. The van der Waals surface area contributed by atoms with Gasteiger partial charge in [-0.05, 0) is 31.6 Å². The number of rotatable bonds is 2. The van der Waals surface area contributed by atoms with Crippen molar-refractivity contribution in [1.29, 1.82) is 0 Å². The zero-order chi connectivity index (χ0) is 13.4. The van der Waals surface area contributed by atoms with Gasteiger partial charge in [-0.1, -0.05) is 6.92 Å². The molecule has 0 aliphatic heterocycles. The molecule has 102 valence electrons. The Balaban J connectivity index is 1.92. The molecule has 6 nitrogen and oxygen atoms in total. The topological polar surface area (TPSA) is 83.7 Å². The molecule has 2 aromatic heterocycles. The Morgan fingerprint density at radius 2 is 2.00 bits per heavy atom. The molecule has 1 fully saturated rings. The maximum absolute atomic E-state index is 5.77. The molecule has 0 atom stereocenters. The molecule has 0 spiro atoms. The summed E-state index contributed by atoms with van der Waals surface area (Å²) in [5, 5.41) is 0. The number of H-pyrrole nitrogens is 1. The quantitative estimate of drug-likeness (QED) is 0.862. The molecule has 19 heavy (non-hydrogen) atoms. The van der Waals surface area contributed by atoms with E-state index in [1.54, 1.807) is 6.33 Å². The molecule has 0 bridgehead atoms. The third-order valence-electron chi connectivity index (χ3n) is 4.15. The third-order valence-corrected chi connectivity index (χ3v) is 4.15. The van der Waals surface area contributed by atoms with Crippen LogP contribution in [-0.4, -0.2) is 33.0 Å². The van der Waals surface area contributed by atoms with E-state index in [4.69, 9.17) is 5.73 Å². The molecular formula is C13H20N6. The highest BCUT2D eigenvalue weighted by Gasteiger charge is 2.24. The number of imidazole rings is 1. The zero-order valence-corrected chi connectivity index (χ0v) is 11.4. The van der Waals surface area contributed by atoms with Crippen LogP contribution in [0.25, 0.3) is 11.2 Å². The predicted molar refractivity (Wildman–Crippen MR) is 75.9 cm³/mol. The van der Waals surface area contributed by atoms with Crippen molar-refractivity contribution >= 4 is 22.9 Å². The lowest BCUT2D eigenvalue weighted by molar-refractivity contribution is 0.340. The lowest BCUT2D eigenvalue weighted by atomic mass is 9.87. The molecule has 0 unspecified atom stereocenters. The minimum absolute atomic E-state index is 0.283. The monoisotopic (exact) mass is 260 g/mol. The van der Waals surface area contributed by atoms with Gasteiger partial charge in [-0.3, -0.25) is 0 Å². The molecule has 0 saturated heterocycles. The van der Waals surface area contributed by atoms with Crippen molar-refractivity contribution in [1.82, 2.24) is 19.9 Å². The van der Waals surface area contributed by atoms with Gasteiger partial charge >= 0.3 is 0 Å². The van der Waals surface area contributed by atoms with Gasteiger partial charge in [0.15, 0.2) is 11.5 Å². The predicted octanol–water partition coefficient (Wildman–Crippen LogP) is 1.95. The van der Waals surface area contributed by atoms with Crippen LogP contribution in [0.15, 0.2) is 6.33 Å². The van der Waals surface area contributed by atoms with Crippen molar-refractivity contribution < 1.29 is 0 Å². The average molecular weight is 260 g/mol. The van der Waals surface area contributed by atoms with Crippen LogP contribution in [-0.2, 0) is 0 Å². The largest absolute Gasteiger partial charge is 0.368 e.